The highest BCUT2D eigenvalue weighted by molar-refractivity contribution is 9.10. The van der Waals surface area contributed by atoms with Crippen LogP contribution in [0.25, 0.3) is 10.9 Å². The molecule has 0 amide bonds. The van der Waals surface area contributed by atoms with Gasteiger partial charge in [-0.3, -0.25) is 4.98 Å². The van der Waals surface area contributed by atoms with Crippen molar-refractivity contribution in [3.8, 4) is 5.75 Å². The molecule has 4 rings (SSSR count). The van der Waals surface area contributed by atoms with Crippen LogP contribution in [0.2, 0.25) is 0 Å². The topological polar surface area (TPSA) is 58.0 Å². The average Bonchev–Trinajstić information content (AvgIpc) is 2.68. The highest BCUT2D eigenvalue weighted by Gasteiger charge is 2.22. The highest BCUT2D eigenvalue weighted by atomic mass is 79.9. The molecule has 4 nitrogen and oxygen atoms in total. The second-order valence-corrected chi connectivity index (χ2v) is 6.75. The van der Waals surface area contributed by atoms with E-state index in [0.717, 1.165) is 26.8 Å². The molecular formula is C21H16BrN3O. The predicted molar refractivity (Wildman–Crippen MR) is 107 cm³/mol. The predicted octanol–water partition coefficient (Wildman–Crippen LogP) is 5.30. The van der Waals surface area contributed by atoms with E-state index in [0.29, 0.717) is 5.52 Å². The molecular weight excluding hydrogens is 390 g/mol. The summed E-state index contributed by atoms with van der Waals surface area (Å²) < 4.78 is 0.953. The van der Waals surface area contributed by atoms with E-state index in [1.165, 1.54) is 0 Å². The molecule has 2 N–H and O–H groups in total. The lowest BCUT2D eigenvalue weighted by atomic mass is 9.96. The Hall–Kier alpha value is -2.92. The van der Waals surface area contributed by atoms with Crippen LogP contribution in [0.15, 0.2) is 83.6 Å². The molecule has 0 saturated carbocycles. The Labute approximate surface area is 159 Å². The van der Waals surface area contributed by atoms with Gasteiger partial charge in [0.1, 0.15) is 17.1 Å². The van der Waals surface area contributed by atoms with E-state index in [4.69, 9.17) is 0 Å². The first-order valence-corrected chi connectivity index (χ1v) is 9.02. The molecule has 0 saturated heterocycles. The number of nitrogens with one attached hydrogen (secondary N) is 1. The van der Waals surface area contributed by atoms with Crippen LogP contribution in [-0.2, 0) is 0 Å². The first-order chi connectivity index (χ1) is 12.7. The number of halogens is 1. The molecule has 1 atom stereocenters. The molecule has 128 valence electrons. The lowest BCUT2D eigenvalue weighted by Gasteiger charge is -2.23. The summed E-state index contributed by atoms with van der Waals surface area (Å²) >= 11 is 3.62. The van der Waals surface area contributed by atoms with Crippen molar-refractivity contribution in [3.05, 3.63) is 94.7 Å². The van der Waals surface area contributed by atoms with Crippen molar-refractivity contribution in [1.82, 2.24) is 9.97 Å². The van der Waals surface area contributed by atoms with Crippen molar-refractivity contribution in [2.45, 2.75) is 6.04 Å². The van der Waals surface area contributed by atoms with Gasteiger partial charge in [0.2, 0.25) is 0 Å². The third-order valence-corrected chi connectivity index (χ3v) is 4.99. The minimum absolute atomic E-state index is 0.173. The maximum Gasteiger partial charge on any atom is 0.147 e. The molecule has 2 aromatic heterocycles. The van der Waals surface area contributed by atoms with Crippen molar-refractivity contribution >= 4 is 32.7 Å². The summed E-state index contributed by atoms with van der Waals surface area (Å²) in [5, 5.41) is 15.2. The largest absolute Gasteiger partial charge is 0.505 e. The molecule has 4 aromatic rings. The summed E-state index contributed by atoms with van der Waals surface area (Å²) in [7, 11) is 0. The molecule has 0 fully saturated rings. The lowest BCUT2D eigenvalue weighted by Crippen LogP contribution is -2.14. The third kappa shape index (κ3) is 3.13. The molecule has 0 unspecified atom stereocenters. The van der Waals surface area contributed by atoms with Crippen LogP contribution in [0.5, 0.6) is 5.75 Å². The molecule has 5 heteroatoms. The number of benzene rings is 2. The van der Waals surface area contributed by atoms with Gasteiger partial charge in [0.05, 0.1) is 6.04 Å². The number of aromatic hydroxyl groups is 1. The summed E-state index contributed by atoms with van der Waals surface area (Å²) in [6, 6.07) is 21.1. The number of hydrogen-bond acceptors (Lipinski definition) is 4. The van der Waals surface area contributed by atoms with E-state index in [2.05, 4.69) is 31.2 Å². The second-order valence-electron chi connectivity index (χ2n) is 5.89. The van der Waals surface area contributed by atoms with E-state index in [-0.39, 0.29) is 11.8 Å². The molecule has 0 radical (unpaired) electrons. The molecule has 2 aromatic carbocycles. The number of aromatic nitrogens is 2. The number of nitrogens with zero attached hydrogens (tertiary/aromatic N) is 2. The number of hydrogen-bond donors (Lipinski definition) is 2. The zero-order valence-electron chi connectivity index (χ0n) is 13.8. The van der Waals surface area contributed by atoms with Gasteiger partial charge in [-0.2, -0.15) is 0 Å². The first kappa shape index (κ1) is 16.5. The van der Waals surface area contributed by atoms with E-state index >= 15 is 0 Å². The van der Waals surface area contributed by atoms with Gasteiger partial charge in [0, 0.05) is 27.8 Å². The monoisotopic (exact) mass is 405 g/mol. The Morgan fingerprint density at radius 2 is 1.62 bits per heavy atom. The Balaban J connectivity index is 1.88. The summed E-state index contributed by atoms with van der Waals surface area (Å²) in [4.78, 5) is 8.71. The van der Waals surface area contributed by atoms with Crippen LogP contribution in [-0.4, -0.2) is 15.1 Å². The van der Waals surface area contributed by atoms with Crippen LogP contribution in [0, 0.1) is 0 Å². The zero-order valence-corrected chi connectivity index (χ0v) is 15.4. The number of phenolic OH excluding ortho intramolecular Hbond substituents is 1. The summed E-state index contributed by atoms with van der Waals surface area (Å²) in [6.07, 6.45) is 3.42. The van der Waals surface area contributed by atoms with Gasteiger partial charge in [-0.25, -0.2) is 4.98 Å². The van der Waals surface area contributed by atoms with E-state index in [9.17, 15) is 5.11 Å². The molecule has 0 aliphatic rings. The van der Waals surface area contributed by atoms with Crippen molar-refractivity contribution in [1.29, 1.82) is 0 Å². The molecule has 0 aliphatic carbocycles. The summed E-state index contributed by atoms with van der Waals surface area (Å²) in [5.41, 5.74) is 2.34. The minimum atomic E-state index is -0.285. The second kappa shape index (κ2) is 7.14. The maximum absolute atomic E-state index is 10.9. The van der Waals surface area contributed by atoms with Gasteiger partial charge in [-0.1, -0.05) is 58.4 Å². The smallest absolute Gasteiger partial charge is 0.147 e. The van der Waals surface area contributed by atoms with Crippen LogP contribution < -0.4 is 5.32 Å². The first-order valence-electron chi connectivity index (χ1n) is 8.22. The van der Waals surface area contributed by atoms with Crippen molar-refractivity contribution < 1.29 is 5.11 Å². The summed E-state index contributed by atoms with van der Waals surface area (Å²) in [6.45, 7) is 0. The third-order valence-electron chi connectivity index (χ3n) is 4.26. The number of rotatable bonds is 4. The Kier molecular flexibility index (Phi) is 4.54. The quantitative estimate of drug-likeness (QED) is 0.483. The SMILES string of the molecule is Oc1c([C@H](Nc2ccccn2)c2ccccc2Br)ccc2cccnc12. The van der Waals surface area contributed by atoms with Gasteiger partial charge in [0.15, 0.2) is 0 Å². The maximum atomic E-state index is 10.9. The molecule has 0 bridgehead atoms. The fraction of sp³-hybridized carbons (Fsp3) is 0.0476. The van der Waals surface area contributed by atoms with Crippen LogP contribution in [0.3, 0.4) is 0 Å². The average molecular weight is 406 g/mol. The van der Waals surface area contributed by atoms with Crippen molar-refractivity contribution in [3.63, 3.8) is 0 Å². The highest BCUT2D eigenvalue weighted by Crippen LogP contribution is 2.38. The Morgan fingerprint density at radius 1 is 0.808 bits per heavy atom. The van der Waals surface area contributed by atoms with Crippen molar-refractivity contribution in [2.24, 2.45) is 0 Å². The van der Waals surface area contributed by atoms with Gasteiger partial charge in [-0.15, -0.1) is 0 Å². The lowest BCUT2D eigenvalue weighted by molar-refractivity contribution is 0.471. The fourth-order valence-corrected chi connectivity index (χ4v) is 3.52. The van der Waals surface area contributed by atoms with Crippen LogP contribution >= 0.6 is 15.9 Å². The van der Waals surface area contributed by atoms with Gasteiger partial charge >= 0.3 is 0 Å². The minimum Gasteiger partial charge on any atom is -0.505 e. The normalized spacial score (nSPS) is 12.0. The Morgan fingerprint density at radius 3 is 2.42 bits per heavy atom. The number of anilines is 1. The van der Waals surface area contributed by atoms with E-state index in [1.807, 2.05) is 66.7 Å². The molecule has 26 heavy (non-hydrogen) atoms. The Bertz CT molecular complexity index is 1050. The number of phenols is 1. The standard InChI is InChI=1S/C21H16BrN3O/c22-17-8-2-1-7-15(17)20(25-18-9-3-4-12-23-18)16-11-10-14-6-5-13-24-19(14)21(16)26/h1-13,20,26H,(H,23,25)/t20-/m1/s1. The van der Waals surface area contributed by atoms with Gasteiger partial charge in [0.25, 0.3) is 0 Å². The van der Waals surface area contributed by atoms with Gasteiger partial charge < -0.3 is 10.4 Å². The number of pyridine rings is 2. The molecule has 0 aliphatic heterocycles. The van der Waals surface area contributed by atoms with Gasteiger partial charge in [-0.05, 0) is 29.8 Å². The summed E-state index contributed by atoms with van der Waals surface area (Å²) in [5.74, 6) is 0.904. The van der Waals surface area contributed by atoms with E-state index < -0.39 is 0 Å². The van der Waals surface area contributed by atoms with Crippen molar-refractivity contribution in [2.75, 3.05) is 5.32 Å². The zero-order chi connectivity index (χ0) is 17.9. The molecule has 2 heterocycles. The van der Waals surface area contributed by atoms with E-state index in [1.54, 1.807) is 12.4 Å². The fourth-order valence-electron chi connectivity index (χ4n) is 3.01. The number of fused-ring (bicyclic) bond motifs is 1. The van der Waals surface area contributed by atoms with Crippen LogP contribution in [0.4, 0.5) is 5.82 Å². The van der Waals surface area contributed by atoms with Crippen LogP contribution in [0.1, 0.15) is 17.2 Å². The molecule has 0 spiro atoms.